The Morgan fingerprint density at radius 1 is 1.29 bits per heavy atom. The number of hydrogen-bond donors (Lipinski definition) is 0. The summed E-state index contributed by atoms with van der Waals surface area (Å²) in [5.41, 5.74) is 0.950. The molecule has 0 radical (unpaired) electrons. The van der Waals surface area contributed by atoms with Gasteiger partial charge in [0.15, 0.2) is 0 Å². The van der Waals surface area contributed by atoms with Gasteiger partial charge in [-0.05, 0) is 43.3 Å². The average molecular weight is 342 g/mol. The second-order valence-corrected chi connectivity index (χ2v) is 5.14. The SMILES string of the molecule is C=C(/N=C\C=C/C)N(c1cccc(Br)c1)c1ccccn1. The fourth-order valence-corrected chi connectivity index (χ4v) is 2.17. The molecule has 0 aliphatic rings. The summed E-state index contributed by atoms with van der Waals surface area (Å²) in [5, 5.41) is 0. The summed E-state index contributed by atoms with van der Waals surface area (Å²) in [4.78, 5) is 10.7. The quantitative estimate of drug-likeness (QED) is 0.707. The van der Waals surface area contributed by atoms with Crippen LogP contribution in [0.4, 0.5) is 11.5 Å². The first-order chi connectivity index (χ1) is 10.2. The van der Waals surface area contributed by atoms with Crippen molar-refractivity contribution in [3.63, 3.8) is 0 Å². The lowest BCUT2D eigenvalue weighted by atomic mass is 10.3. The van der Waals surface area contributed by atoms with E-state index in [-0.39, 0.29) is 0 Å². The van der Waals surface area contributed by atoms with E-state index in [0.29, 0.717) is 5.82 Å². The molecule has 0 spiro atoms. The number of rotatable bonds is 5. The summed E-state index contributed by atoms with van der Waals surface area (Å²) >= 11 is 3.49. The average Bonchev–Trinajstić information content (AvgIpc) is 2.49. The summed E-state index contributed by atoms with van der Waals surface area (Å²) in [6.07, 6.45) is 7.25. The highest BCUT2D eigenvalue weighted by atomic mass is 79.9. The molecule has 0 aliphatic carbocycles. The molecule has 2 rings (SSSR count). The van der Waals surface area contributed by atoms with Gasteiger partial charge in [0, 0.05) is 16.9 Å². The largest absolute Gasteiger partial charge is 0.279 e. The first-order valence-corrected chi connectivity index (χ1v) is 7.32. The topological polar surface area (TPSA) is 28.5 Å². The summed E-state index contributed by atoms with van der Waals surface area (Å²) in [6, 6.07) is 13.7. The smallest absolute Gasteiger partial charge is 0.138 e. The summed E-state index contributed by atoms with van der Waals surface area (Å²) < 4.78 is 0.992. The van der Waals surface area contributed by atoms with E-state index in [2.05, 4.69) is 32.5 Å². The number of aliphatic imine (C=N–C) groups is 1. The van der Waals surface area contributed by atoms with Gasteiger partial charge in [0.1, 0.15) is 11.6 Å². The van der Waals surface area contributed by atoms with Crippen LogP contribution in [0.2, 0.25) is 0 Å². The number of aromatic nitrogens is 1. The Kier molecular flexibility index (Phi) is 5.46. The van der Waals surface area contributed by atoms with Crippen LogP contribution in [0.15, 0.2) is 82.7 Å². The van der Waals surface area contributed by atoms with Crippen LogP contribution in [-0.2, 0) is 0 Å². The van der Waals surface area contributed by atoms with E-state index >= 15 is 0 Å². The van der Waals surface area contributed by atoms with Crippen molar-refractivity contribution in [2.45, 2.75) is 6.92 Å². The van der Waals surface area contributed by atoms with Crippen LogP contribution in [-0.4, -0.2) is 11.2 Å². The number of allylic oxidation sites excluding steroid dienone is 2. The zero-order valence-corrected chi connectivity index (χ0v) is 13.4. The van der Waals surface area contributed by atoms with Crippen LogP contribution < -0.4 is 4.90 Å². The molecule has 0 fully saturated rings. The number of pyridine rings is 1. The van der Waals surface area contributed by atoms with Gasteiger partial charge in [0.2, 0.25) is 0 Å². The second kappa shape index (κ2) is 7.55. The zero-order chi connectivity index (χ0) is 15.1. The molecule has 0 amide bonds. The molecule has 3 nitrogen and oxygen atoms in total. The second-order valence-electron chi connectivity index (χ2n) is 4.22. The Bertz CT molecular complexity index is 663. The Balaban J connectivity index is 2.42. The van der Waals surface area contributed by atoms with E-state index < -0.39 is 0 Å². The fourth-order valence-electron chi connectivity index (χ4n) is 1.79. The predicted octanol–water partition coefficient (Wildman–Crippen LogP) is 5.10. The lowest BCUT2D eigenvalue weighted by Crippen LogP contribution is -2.15. The minimum absolute atomic E-state index is 0.602. The van der Waals surface area contributed by atoms with E-state index in [0.717, 1.165) is 16.0 Å². The van der Waals surface area contributed by atoms with Crippen LogP contribution in [0.25, 0.3) is 0 Å². The molecule has 0 saturated heterocycles. The molecular formula is C17H16BrN3. The van der Waals surface area contributed by atoms with Gasteiger partial charge < -0.3 is 0 Å². The van der Waals surface area contributed by atoms with Crippen LogP contribution in [0.1, 0.15) is 6.92 Å². The molecule has 0 saturated carbocycles. The first-order valence-electron chi connectivity index (χ1n) is 6.53. The van der Waals surface area contributed by atoms with Crippen LogP contribution >= 0.6 is 15.9 Å². The molecule has 2 aromatic rings. The standard InChI is InChI=1S/C17H16BrN3/c1-3-4-11-19-14(2)21(17-10-5-6-12-20-17)16-9-7-8-15(18)13-16/h3-13H,2H2,1H3/b4-3-,19-11-. The lowest BCUT2D eigenvalue weighted by molar-refractivity contribution is 1.08. The van der Waals surface area contributed by atoms with Crippen molar-refractivity contribution in [1.29, 1.82) is 0 Å². The third-order valence-corrected chi connectivity index (χ3v) is 3.20. The number of hydrogen-bond acceptors (Lipinski definition) is 3. The van der Waals surface area contributed by atoms with Crippen LogP contribution in [0.5, 0.6) is 0 Å². The van der Waals surface area contributed by atoms with E-state index in [4.69, 9.17) is 0 Å². The van der Waals surface area contributed by atoms with E-state index in [1.165, 1.54) is 0 Å². The van der Waals surface area contributed by atoms with Crippen molar-refractivity contribution in [3.05, 3.63) is 77.7 Å². The monoisotopic (exact) mass is 341 g/mol. The van der Waals surface area contributed by atoms with E-state index in [1.807, 2.05) is 66.4 Å². The molecule has 0 N–H and O–H groups in total. The molecular weight excluding hydrogens is 326 g/mol. The van der Waals surface area contributed by atoms with Crippen molar-refractivity contribution >= 4 is 33.6 Å². The van der Waals surface area contributed by atoms with Gasteiger partial charge in [-0.3, -0.25) is 4.90 Å². The maximum absolute atomic E-state index is 4.39. The van der Waals surface area contributed by atoms with Gasteiger partial charge in [-0.2, -0.15) is 0 Å². The molecule has 0 unspecified atom stereocenters. The fraction of sp³-hybridized carbons (Fsp3) is 0.0588. The third kappa shape index (κ3) is 4.13. The minimum atomic E-state index is 0.602. The molecule has 0 atom stereocenters. The maximum Gasteiger partial charge on any atom is 0.138 e. The van der Waals surface area contributed by atoms with Gasteiger partial charge in [-0.1, -0.05) is 40.7 Å². The van der Waals surface area contributed by atoms with E-state index in [1.54, 1.807) is 12.4 Å². The van der Waals surface area contributed by atoms with Crippen LogP contribution in [0, 0.1) is 0 Å². The van der Waals surface area contributed by atoms with Gasteiger partial charge in [-0.15, -0.1) is 0 Å². The van der Waals surface area contributed by atoms with Gasteiger partial charge in [0.25, 0.3) is 0 Å². The lowest BCUT2D eigenvalue weighted by Gasteiger charge is -2.23. The van der Waals surface area contributed by atoms with Gasteiger partial charge in [-0.25, -0.2) is 9.98 Å². The van der Waals surface area contributed by atoms with Gasteiger partial charge >= 0.3 is 0 Å². The predicted molar refractivity (Wildman–Crippen MR) is 93.0 cm³/mol. The molecule has 0 aliphatic heterocycles. The van der Waals surface area contributed by atoms with E-state index in [9.17, 15) is 0 Å². The number of benzene rings is 1. The molecule has 4 heteroatoms. The molecule has 1 aromatic carbocycles. The highest BCUT2D eigenvalue weighted by Gasteiger charge is 2.13. The zero-order valence-electron chi connectivity index (χ0n) is 11.8. The Hall–Kier alpha value is -2.20. The third-order valence-electron chi connectivity index (χ3n) is 2.70. The number of nitrogens with zero attached hydrogens (tertiary/aromatic N) is 3. The first kappa shape index (κ1) is 15.2. The summed E-state index contributed by atoms with van der Waals surface area (Å²) in [7, 11) is 0. The highest BCUT2D eigenvalue weighted by Crippen LogP contribution is 2.29. The van der Waals surface area contributed by atoms with Gasteiger partial charge in [0.05, 0.1) is 5.69 Å². The summed E-state index contributed by atoms with van der Waals surface area (Å²) in [5.74, 6) is 1.38. The minimum Gasteiger partial charge on any atom is -0.279 e. The molecule has 106 valence electrons. The Morgan fingerprint density at radius 2 is 2.14 bits per heavy atom. The normalized spacial score (nSPS) is 11.1. The molecule has 1 heterocycles. The maximum atomic E-state index is 4.39. The number of anilines is 2. The van der Waals surface area contributed by atoms with Crippen molar-refractivity contribution < 1.29 is 0 Å². The van der Waals surface area contributed by atoms with Crippen molar-refractivity contribution in [1.82, 2.24) is 4.98 Å². The van der Waals surface area contributed by atoms with Crippen LogP contribution in [0.3, 0.4) is 0 Å². The summed E-state index contributed by atoms with van der Waals surface area (Å²) in [6.45, 7) is 5.99. The van der Waals surface area contributed by atoms with Crippen molar-refractivity contribution in [2.75, 3.05) is 4.90 Å². The molecule has 21 heavy (non-hydrogen) atoms. The highest BCUT2D eigenvalue weighted by molar-refractivity contribution is 9.10. The molecule has 0 bridgehead atoms. The Morgan fingerprint density at radius 3 is 2.81 bits per heavy atom. The molecule has 1 aromatic heterocycles. The van der Waals surface area contributed by atoms with Crippen molar-refractivity contribution in [2.24, 2.45) is 4.99 Å². The van der Waals surface area contributed by atoms with Crippen molar-refractivity contribution in [3.8, 4) is 0 Å². The number of halogens is 1. The Labute approximate surface area is 133 Å².